The smallest absolute Gasteiger partial charge is 0.294 e. The zero-order valence-electron chi connectivity index (χ0n) is 7.03. The number of hydrogen-bond acceptors (Lipinski definition) is 4. The second-order valence-corrected chi connectivity index (χ2v) is 3.42. The minimum absolute atomic E-state index is 0.00926. The molecule has 0 aliphatic carbocycles. The summed E-state index contributed by atoms with van der Waals surface area (Å²) >= 11 is 0. The monoisotopic (exact) mass is 170 g/mol. The average Bonchev–Trinajstić information content (AvgIpc) is 2.04. The van der Waals surface area contributed by atoms with Gasteiger partial charge in [-0.05, 0) is 19.3 Å². The molecule has 2 rings (SSSR count). The van der Waals surface area contributed by atoms with E-state index >= 15 is 0 Å². The molecule has 2 bridgehead atoms. The molecular formula is C8H14N2O2. The highest BCUT2D eigenvalue weighted by molar-refractivity contribution is 5.37. The van der Waals surface area contributed by atoms with Crippen molar-refractivity contribution in [3.8, 4) is 0 Å². The Bertz CT molecular complexity index is 152. The number of carbonyl (C=O) groups is 1. The first-order chi connectivity index (χ1) is 5.92. The van der Waals surface area contributed by atoms with Crippen molar-refractivity contribution >= 4 is 6.47 Å². The molecule has 2 heterocycles. The lowest BCUT2D eigenvalue weighted by atomic mass is 9.92. The van der Waals surface area contributed by atoms with Gasteiger partial charge < -0.3 is 4.74 Å². The van der Waals surface area contributed by atoms with Crippen LogP contribution < -0.4 is 5.43 Å². The molecule has 12 heavy (non-hydrogen) atoms. The molecule has 3 unspecified atom stereocenters. The van der Waals surface area contributed by atoms with E-state index in [-0.39, 0.29) is 6.23 Å². The third-order valence-electron chi connectivity index (χ3n) is 2.71. The molecule has 4 heteroatoms. The second-order valence-electron chi connectivity index (χ2n) is 3.42. The van der Waals surface area contributed by atoms with Crippen LogP contribution in [0.3, 0.4) is 0 Å². The van der Waals surface area contributed by atoms with E-state index in [0.29, 0.717) is 12.4 Å². The van der Waals surface area contributed by atoms with Crippen molar-refractivity contribution in [3.05, 3.63) is 0 Å². The van der Waals surface area contributed by atoms with Gasteiger partial charge in [0.25, 0.3) is 6.47 Å². The molecule has 1 N–H and O–H groups in total. The van der Waals surface area contributed by atoms with Crippen molar-refractivity contribution in [2.24, 2.45) is 5.92 Å². The summed E-state index contributed by atoms with van der Waals surface area (Å²) in [5.74, 6) is 0.546. The van der Waals surface area contributed by atoms with Crippen LogP contribution >= 0.6 is 0 Å². The summed E-state index contributed by atoms with van der Waals surface area (Å²) < 4.78 is 5.03. The molecule has 2 saturated heterocycles. The second kappa shape index (κ2) is 3.41. The van der Waals surface area contributed by atoms with Gasteiger partial charge in [0.1, 0.15) is 0 Å². The van der Waals surface area contributed by atoms with Gasteiger partial charge in [-0.15, -0.1) is 0 Å². The van der Waals surface area contributed by atoms with Crippen molar-refractivity contribution in [2.45, 2.75) is 25.5 Å². The molecule has 0 spiro atoms. The first kappa shape index (κ1) is 8.01. The van der Waals surface area contributed by atoms with E-state index in [9.17, 15) is 4.79 Å². The molecule has 0 aromatic rings. The lowest BCUT2D eigenvalue weighted by Gasteiger charge is -2.43. The zero-order valence-corrected chi connectivity index (χ0v) is 7.03. The predicted octanol–water partition coefficient (Wildman–Crippen LogP) is 0.106. The highest BCUT2D eigenvalue weighted by atomic mass is 16.5. The van der Waals surface area contributed by atoms with E-state index in [2.05, 4.69) is 5.43 Å². The van der Waals surface area contributed by atoms with Gasteiger partial charge in [0.2, 0.25) is 0 Å². The molecule has 0 aromatic heterocycles. The van der Waals surface area contributed by atoms with Gasteiger partial charge in [0, 0.05) is 19.0 Å². The highest BCUT2D eigenvalue weighted by Crippen LogP contribution is 2.28. The maximum atomic E-state index is 10.2. The Morgan fingerprint density at radius 2 is 2.42 bits per heavy atom. The van der Waals surface area contributed by atoms with Crippen LogP contribution in [0.5, 0.6) is 0 Å². The molecule has 68 valence electrons. The van der Waals surface area contributed by atoms with E-state index in [0.717, 1.165) is 19.5 Å². The number of ether oxygens (including phenoxy) is 1. The summed E-state index contributed by atoms with van der Waals surface area (Å²) in [6, 6.07) is 0. The first-order valence-electron chi connectivity index (χ1n) is 4.51. The van der Waals surface area contributed by atoms with E-state index in [1.54, 1.807) is 0 Å². The molecule has 2 aliphatic rings. The predicted molar refractivity (Wildman–Crippen MR) is 43.0 cm³/mol. The molecule has 4 nitrogen and oxygen atoms in total. The van der Waals surface area contributed by atoms with Crippen molar-refractivity contribution < 1.29 is 9.53 Å². The third-order valence-corrected chi connectivity index (χ3v) is 2.71. The van der Waals surface area contributed by atoms with Crippen molar-refractivity contribution in [3.63, 3.8) is 0 Å². The fraction of sp³-hybridized carbons (Fsp3) is 0.875. The van der Waals surface area contributed by atoms with E-state index in [4.69, 9.17) is 4.74 Å². The average molecular weight is 170 g/mol. The Labute approximate surface area is 71.8 Å². The van der Waals surface area contributed by atoms with Crippen LogP contribution in [-0.4, -0.2) is 30.8 Å². The van der Waals surface area contributed by atoms with Crippen molar-refractivity contribution in [1.29, 1.82) is 0 Å². The van der Waals surface area contributed by atoms with Crippen LogP contribution in [0.25, 0.3) is 0 Å². The molecule has 0 saturated carbocycles. The normalized spacial score (nSPS) is 40.5. The lowest BCUT2D eigenvalue weighted by molar-refractivity contribution is -0.169. The van der Waals surface area contributed by atoms with Crippen molar-refractivity contribution in [1.82, 2.24) is 10.4 Å². The fourth-order valence-electron chi connectivity index (χ4n) is 2.14. The van der Waals surface area contributed by atoms with Gasteiger partial charge in [0.15, 0.2) is 6.23 Å². The van der Waals surface area contributed by atoms with Crippen LogP contribution in [-0.2, 0) is 9.53 Å². The molecule has 0 radical (unpaired) electrons. The fourth-order valence-corrected chi connectivity index (χ4v) is 2.14. The molecule has 2 aliphatic heterocycles. The number of rotatable bonds is 2. The van der Waals surface area contributed by atoms with Gasteiger partial charge in [-0.25, -0.2) is 5.01 Å². The van der Waals surface area contributed by atoms with Gasteiger partial charge >= 0.3 is 0 Å². The minimum Gasteiger partial charge on any atom is -0.447 e. The summed E-state index contributed by atoms with van der Waals surface area (Å²) in [6.45, 7) is 2.57. The SMILES string of the molecule is O=COC1C2CCCN1NCC2. The minimum atomic E-state index is -0.00926. The molecule has 0 aromatic carbocycles. The van der Waals surface area contributed by atoms with Gasteiger partial charge in [-0.3, -0.25) is 10.2 Å². The topological polar surface area (TPSA) is 41.6 Å². The Kier molecular flexibility index (Phi) is 2.28. The van der Waals surface area contributed by atoms with Crippen LogP contribution in [0.15, 0.2) is 0 Å². The van der Waals surface area contributed by atoms with Gasteiger partial charge in [-0.2, -0.15) is 0 Å². The summed E-state index contributed by atoms with van der Waals surface area (Å²) in [7, 11) is 0. The highest BCUT2D eigenvalue weighted by Gasteiger charge is 2.35. The van der Waals surface area contributed by atoms with E-state index < -0.39 is 0 Å². The number of carbonyl (C=O) groups excluding carboxylic acids is 1. The Morgan fingerprint density at radius 3 is 3.17 bits per heavy atom. The molecule has 3 atom stereocenters. The molecule has 2 fully saturated rings. The quantitative estimate of drug-likeness (QED) is 0.597. The Balaban J connectivity index is 2.03. The first-order valence-corrected chi connectivity index (χ1v) is 4.51. The number of fused-ring (bicyclic) bond motifs is 2. The largest absolute Gasteiger partial charge is 0.447 e. The van der Waals surface area contributed by atoms with Gasteiger partial charge in [0.05, 0.1) is 0 Å². The number of piperidine rings is 1. The molecular weight excluding hydrogens is 156 g/mol. The zero-order chi connectivity index (χ0) is 8.39. The van der Waals surface area contributed by atoms with Crippen molar-refractivity contribution in [2.75, 3.05) is 13.1 Å². The van der Waals surface area contributed by atoms with Crippen LogP contribution in [0, 0.1) is 5.92 Å². The summed E-state index contributed by atoms with van der Waals surface area (Å²) in [5, 5.41) is 2.05. The summed E-state index contributed by atoms with van der Waals surface area (Å²) in [4.78, 5) is 10.2. The number of nitrogens with one attached hydrogen (secondary N) is 1. The maximum Gasteiger partial charge on any atom is 0.294 e. The number of nitrogens with zero attached hydrogens (tertiary/aromatic N) is 1. The summed E-state index contributed by atoms with van der Waals surface area (Å²) in [5.41, 5.74) is 3.23. The van der Waals surface area contributed by atoms with E-state index in [1.807, 2.05) is 5.01 Å². The molecule has 0 amide bonds. The maximum absolute atomic E-state index is 10.2. The standard InChI is InChI=1S/C8H14N2O2/c11-6-12-8-7-2-1-5-10(8)9-4-3-7/h6-9H,1-5H2. The third kappa shape index (κ3) is 1.32. The Hall–Kier alpha value is -0.610. The van der Waals surface area contributed by atoms with E-state index in [1.165, 1.54) is 12.8 Å². The van der Waals surface area contributed by atoms with Gasteiger partial charge in [-0.1, -0.05) is 0 Å². The Morgan fingerprint density at radius 1 is 1.50 bits per heavy atom. The number of hydrogen-bond donors (Lipinski definition) is 1. The van der Waals surface area contributed by atoms with Crippen LogP contribution in [0.1, 0.15) is 19.3 Å². The lowest BCUT2D eigenvalue weighted by Crippen LogP contribution is -2.58. The number of hydrazine groups is 1. The van der Waals surface area contributed by atoms with Crippen LogP contribution in [0.4, 0.5) is 0 Å². The summed E-state index contributed by atoms with van der Waals surface area (Å²) in [6.07, 6.45) is 3.51. The van der Waals surface area contributed by atoms with Crippen LogP contribution in [0.2, 0.25) is 0 Å².